The van der Waals surface area contributed by atoms with Crippen molar-refractivity contribution in [1.29, 1.82) is 0 Å². The zero-order chi connectivity index (χ0) is 23.6. The minimum absolute atomic E-state index is 0.112. The van der Waals surface area contributed by atoms with Gasteiger partial charge in [0.2, 0.25) is 0 Å². The molecular formula is C19H25NO11. The van der Waals surface area contributed by atoms with Gasteiger partial charge in [0.1, 0.15) is 6.04 Å². The average molecular weight is 443 g/mol. The van der Waals surface area contributed by atoms with E-state index in [2.05, 4.69) is 14.2 Å². The topological polar surface area (TPSA) is 170 Å². The van der Waals surface area contributed by atoms with Crippen molar-refractivity contribution in [2.24, 2.45) is 11.7 Å². The molecular weight excluding hydrogens is 418 g/mol. The maximum absolute atomic E-state index is 11.6. The normalized spacial score (nSPS) is 13.2. The SMILES string of the molecule is CCOC(=O)OCC(C)C(c1ccc(OC(=O)OC)c(OC(=O)OC)c1)[C@H](N)C(=O)O. The summed E-state index contributed by atoms with van der Waals surface area (Å²) in [7, 11) is 2.16. The number of nitrogens with two attached hydrogens (primary N) is 1. The Morgan fingerprint density at radius 1 is 0.968 bits per heavy atom. The van der Waals surface area contributed by atoms with Gasteiger partial charge in [-0.1, -0.05) is 13.0 Å². The summed E-state index contributed by atoms with van der Waals surface area (Å²) in [5.41, 5.74) is 6.18. The molecule has 0 aliphatic rings. The molecule has 0 aromatic heterocycles. The van der Waals surface area contributed by atoms with Gasteiger partial charge in [-0.05, 0) is 30.5 Å². The van der Waals surface area contributed by atoms with Crippen LogP contribution in [0.2, 0.25) is 0 Å². The zero-order valence-electron chi connectivity index (χ0n) is 17.5. The predicted octanol–water partition coefficient (Wildman–Crippen LogP) is 2.28. The molecule has 1 aromatic carbocycles. The molecule has 0 saturated carbocycles. The lowest BCUT2D eigenvalue weighted by molar-refractivity contribution is -0.139. The number of aliphatic carboxylic acids is 1. The van der Waals surface area contributed by atoms with E-state index in [1.807, 2.05) is 0 Å². The van der Waals surface area contributed by atoms with Crippen molar-refractivity contribution in [3.63, 3.8) is 0 Å². The van der Waals surface area contributed by atoms with Gasteiger partial charge in [0.05, 0.1) is 27.4 Å². The first kappa shape index (κ1) is 25.5. The molecule has 0 spiro atoms. The highest BCUT2D eigenvalue weighted by Gasteiger charge is 2.33. The Hall–Kier alpha value is -3.54. The fourth-order valence-electron chi connectivity index (χ4n) is 2.67. The highest BCUT2D eigenvalue weighted by molar-refractivity contribution is 5.75. The van der Waals surface area contributed by atoms with Gasteiger partial charge < -0.3 is 39.3 Å². The van der Waals surface area contributed by atoms with Crippen LogP contribution in [0.3, 0.4) is 0 Å². The third kappa shape index (κ3) is 7.66. The first-order chi connectivity index (χ1) is 14.6. The largest absolute Gasteiger partial charge is 0.513 e. The first-order valence-corrected chi connectivity index (χ1v) is 9.08. The summed E-state index contributed by atoms with van der Waals surface area (Å²) >= 11 is 0. The van der Waals surface area contributed by atoms with E-state index in [0.717, 1.165) is 14.2 Å². The van der Waals surface area contributed by atoms with Crippen LogP contribution in [-0.2, 0) is 23.7 Å². The maximum atomic E-state index is 11.6. The molecule has 3 atom stereocenters. The van der Waals surface area contributed by atoms with Crippen LogP contribution in [0.5, 0.6) is 11.5 Å². The number of carboxylic acid groups (broad SMARTS) is 1. The number of rotatable bonds is 9. The Bertz CT molecular complexity index is 795. The molecule has 0 amide bonds. The summed E-state index contributed by atoms with van der Waals surface area (Å²) < 4.78 is 28.4. The lowest BCUT2D eigenvalue weighted by Gasteiger charge is -2.27. The summed E-state index contributed by atoms with van der Waals surface area (Å²) in [6.45, 7) is 3.14. The molecule has 172 valence electrons. The lowest BCUT2D eigenvalue weighted by Crippen LogP contribution is -2.40. The second kappa shape index (κ2) is 12.2. The second-order valence-corrected chi connectivity index (χ2v) is 6.18. The van der Waals surface area contributed by atoms with Crippen LogP contribution in [0.4, 0.5) is 14.4 Å². The van der Waals surface area contributed by atoms with Crippen molar-refractivity contribution >= 4 is 24.4 Å². The molecule has 12 nitrogen and oxygen atoms in total. The van der Waals surface area contributed by atoms with E-state index in [1.54, 1.807) is 13.8 Å². The van der Waals surface area contributed by atoms with E-state index >= 15 is 0 Å². The van der Waals surface area contributed by atoms with E-state index in [9.17, 15) is 24.3 Å². The first-order valence-electron chi connectivity index (χ1n) is 9.08. The number of carbonyl (C=O) groups is 4. The van der Waals surface area contributed by atoms with Crippen LogP contribution in [0.25, 0.3) is 0 Å². The summed E-state index contributed by atoms with van der Waals surface area (Å²) in [5, 5.41) is 9.43. The maximum Gasteiger partial charge on any atom is 0.513 e. The van der Waals surface area contributed by atoms with Crippen LogP contribution >= 0.6 is 0 Å². The molecule has 3 N–H and O–H groups in total. The highest BCUT2D eigenvalue weighted by atomic mass is 16.7. The average Bonchev–Trinajstić information content (AvgIpc) is 2.73. The van der Waals surface area contributed by atoms with Gasteiger partial charge in [0.25, 0.3) is 0 Å². The van der Waals surface area contributed by atoms with E-state index < -0.39 is 42.3 Å². The molecule has 1 aromatic rings. The third-order valence-corrected chi connectivity index (χ3v) is 4.08. The number of ether oxygens (including phenoxy) is 6. The Balaban J connectivity index is 3.30. The Morgan fingerprint density at radius 2 is 1.55 bits per heavy atom. The van der Waals surface area contributed by atoms with Crippen LogP contribution < -0.4 is 15.2 Å². The summed E-state index contributed by atoms with van der Waals surface area (Å²) in [5.74, 6) is -3.21. The van der Waals surface area contributed by atoms with Gasteiger partial charge in [-0.25, -0.2) is 14.4 Å². The van der Waals surface area contributed by atoms with E-state index in [0.29, 0.717) is 5.56 Å². The van der Waals surface area contributed by atoms with Gasteiger partial charge in [0, 0.05) is 5.92 Å². The van der Waals surface area contributed by atoms with E-state index in [-0.39, 0.29) is 24.7 Å². The van der Waals surface area contributed by atoms with Crippen molar-refractivity contribution in [2.45, 2.75) is 25.8 Å². The van der Waals surface area contributed by atoms with Gasteiger partial charge >= 0.3 is 24.4 Å². The molecule has 0 heterocycles. The molecule has 2 unspecified atom stereocenters. The monoisotopic (exact) mass is 443 g/mol. The van der Waals surface area contributed by atoms with Gasteiger partial charge in [-0.3, -0.25) is 4.79 Å². The number of hydrogen-bond donors (Lipinski definition) is 2. The molecule has 1 rings (SSSR count). The summed E-state index contributed by atoms with van der Waals surface area (Å²) in [6, 6.07) is 2.56. The highest BCUT2D eigenvalue weighted by Crippen LogP contribution is 2.36. The fraction of sp³-hybridized carbons (Fsp3) is 0.474. The van der Waals surface area contributed by atoms with Gasteiger partial charge in [0.15, 0.2) is 11.5 Å². The van der Waals surface area contributed by atoms with Crippen LogP contribution in [-0.4, -0.2) is 63.0 Å². The summed E-state index contributed by atoms with van der Waals surface area (Å²) in [4.78, 5) is 46.1. The van der Waals surface area contributed by atoms with Crippen molar-refractivity contribution < 1.29 is 52.7 Å². The van der Waals surface area contributed by atoms with Crippen molar-refractivity contribution in [3.05, 3.63) is 23.8 Å². The minimum Gasteiger partial charge on any atom is -0.480 e. The number of hydrogen-bond acceptors (Lipinski definition) is 11. The molecule has 0 bridgehead atoms. The Kier molecular flexibility index (Phi) is 10.1. The van der Waals surface area contributed by atoms with E-state index in [1.165, 1.54) is 18.2 Å². The van der Waals surface area contributed by atoms with Crippen molar-refractivity contribution in [2.75, 3.05) is 27.4 Å². The molecule has 0 saturated heterocycles. The Morgan fingerprint density at radius 3 is 2.06 bits per heavy atom. The fourth-order valence-corrected chi connectivity index (χ4v) is 2.67. The number of carboxylic acids is 1. The number of methoxy groups -OCH3 is 2. The summed E-state index contributed by atoms with van der Waals surface area (Å²) in [6.07, 6.45) is -3.09. The van der Waals surface area contributed by atoms with Crippen LogP contribution in [0.1, 0.15) is 25.3 Å². The third-order valence-electron chi connectivity index (χ3n) is 4.08. The van der Waals surface area contributed by atoms with Crippen molar-refractivity contribution in [1.82, 2.24) is 0 Å². The quantitative estimate of drug-likeness (QED) is 0.325. The molecule has 0 radical (unpaired) electrons. The lowest BCUT2D eigenvalue weighted by atomic mass is 9.82. The Labute approximate surface area is 178 Å². The molecule has 0 aliphatic carbocycles. The zero-order valence-corrected chi connectivity index (χ0v) is 17.5. The molecule has 12 heteroatoms. The van der Waals surface area contributed by atoms with E-state index in [4.69, 9.17) is 19.9 Å². The molecule has 0 fully saturated rings. The van der Waals surface area contributed by atoms with Gasteiger partial charge in [-0.15, -0.1) is 0 Å². The smallest absolute Gasteiger partial charge is 0.480 e. The van der Waals surface area contributed by atoms with Gasteiger partial charge in [-0.2, -0.15) is 0 Å². The predicted molar refractivity (Wildman–Crippen MR) is 103 cm³/mol. The molecule has 31 heavy (non-hydrogen) atoms. The molecule has 0 aliphatic heterocycles. The minimum atomic E-state index is -1.40. The van der Waals surface area contributed by atoms with Crippen LogP contribution in [0.15, 0.2) is 18.2 Å². The second-order valence-electron chi connectivity index (χ2n) is 6.18. The standard InChI is InChI=1S/C19H25NO11/c1-5-28-19(25)29-9-10(2)14(15(20)16(21)22)11-6-7-12(30-17(23)26-3)13(8-11)31-18(24)27-4/h6-8,10,14-15H,5,9,20H2,1-4H3,(H,21,22)/t10?,14?,15-/m0/s1. The van der Waals surface area contributed by atoms with Crippen LogP contribution in [0, 0.1) is 5.92 Å². The number of carbonyl (C=O) groups excluding carboxylic acids is 3. The number of benzene rings is 1. The van der Waals surface area contributed by atoms with Crippen molar-refractivity contribution in [3.8, 4) is 11.5 Å².